The molecule has 2 aliphatic carbocycles. The van der Waals surface area contributed by atoms with Gasteiger partial charge < -0.3 is 14.8 Å². The number of hydrogen-bond donors (Lipinski definition) is 1. The van der Waals surface area contributed by atoms with Gasteiger partial charge in [-0.3, -0.25) is 4.79 Å². The average molecular weight is 315 g/mol. The van der Waals surface area contributed by atoms with E-state index in [1.807, 2.05) is 19.2 Å². The number of carbonyl (C=O) groups is 1. The maximum Gasteiger partial charge on any atom is 0.165 e. The van der Waals surface area contributed by atoms with Crippen molar-refractivity contribution in [2.24, 2.45) is 5.92 Å². The highest BCUT2D eigenvalue weighted by atomic mass is 16.5. The molecule has 1 N–H and O–H groups in total. The molecular weight excluding hydrogens is 290 g/mol. The van der Waals surface area contributed by atoms with Crippen LogP contribution in [0.2, 0.25) is 0 Å². The predicted molar refractivity (Wildman–Crippen MR) is 90.3 cm³/mol. The minimum Gasteiger partial charge on any atom is -0.493 e. The molecule has 1 aromatic carbocycles. The molecule has 1 fully saturated rings. The third kappa shape index (κ3) is 2.27. The van der Waals surface area contributed by atoms with Crippen molar-refractivity contribution < 1.29 is 14.3 Å². The molecule has 2 aliphatic rings. The van der Waals surface area contributed by atoms with Crippen molar-refractivity contribution in [3.05, 3.63) is 35.9 Å². The van der Waals surface area contributed by atoms with Gasteiger partial charge in [-0.25, -0.2) is 0 Å². The lowest BCUT2D eigenvalue weighted by molar-refractivity contribution is -0.123. The fourth-order valence-electron chi connectivity index (χ4n) is 4.61. The molecule has 0 heterocycles. The van der Waals surface area contributed by atoms with Crippen LogP contribution in [0.15, 0.2) is 24.8 Å². The Labute approximate surface area is 137 Å². The van der Waals surface area contributed by atoms with E-state index in [4.69, 9.17) is 9.47 Å². The van der Waals surface area contributed by atoms with Crippen molar-refractivity contribution in [2.45, 2.75) is 37.1 Å². The zero-order valence-electron chi connectivity index (χ0n) is 14.1. The molecule has 0 spiro atoms. The molecule has 0 aromatic heterocycles. The highest BCUT2D eigenvalue weighted by Gasteiger charge is 2.51. The molecule has 4 nitrogen and oxygen atoms in total. The summed E-state index contributed by atoms with van der Waals surface area (Å²) in [5.41, 5.74) is 1.93. The highest BCUT2D eigenvalue weighted by Crippen LogP contribution is 2.54. The largest absolute Gasteiger partial charge is 0.493 e. The SMILES string of the molecule is C=CC12CC(=O)CCC1C(NC)Cc1ccc(OC)c(OC)c12. The zero-order valence-corrected chi connectivity index (χ0v) is 14.1. The van der Waals surface area contributed by atoms with E-state index in [1.165, 1.54) is 5.56 Å². The summed E-state index contributed by atoms with van der Waals surface area (Å²) in [5, 5.41) is 3.45. The second-order valence-electron chi connectivity index (χ2n) is 6.54. The number of ketones is 1. The fourth-order valence-corrected chi connectivity index (χ4v) is 4.61. The van der Waals surface area contributed by atoms with E-state index < -0.39 is 0 Å². The van der Waals surface area contributed by atoms with Gasteiger partial charge in [0.2, 0.25) is 0 Å². The van der Waals surface area contributed by atoms with E-state index in [9.17, 15) is 4.79 Å². The van der Waals surface area contributed by atoms with Crippen LogP contribution in [0.4, 0.5) is 0 Å². The standard InChI is InChI=1S/C19H25NO3/c1-5-19-11-13(21)7-8-14(19)15(20-2)10-12-6-9-16(22-3)18(23-4)17(12)19/h5-6,9,14-15,20H,1,7-8,10-11H2,2-4H3. The average Bonchev–Trinajstić information content (AvgIpc) is 2.59. The number of benzene rings is 1. The first-order chi connectivity index (χ1) is 11.1. The Morgan fingerprint density at radius 2 is 2.13 bits per heavy atom. The maximum absolute atomic E-state index is 12.3. The normalized spacial score (nSPS) is 29.4. The molecule has 124 valence electrons. The van der Waals surface area contributed by atoms with E-state index in [0.717, 1.165) is 24.2 Å². The number of fused-ring (bicyclic) bond motifs is 3. The number of rotatable bonds is 4. The zero-order chi connectivity index (χ0) is 16.6. The van der Waals surface area contributed by atoms with Crippen LogP contribution in [0.1, 0.15) is 30.4 Å². The van der Waals surface area contributed by atoms with Gasteiger partial charge in [0.15, 0.2) is 11.5 Å². The van der Waals surface area contributed by atoms with Crippen molar-refractivity contribution in [1.29, 1.82) is 0 Å². The number of nitrogens with one attached hydrogen (secondary N) is 1. The maximum atomic E-state index is 12.3. The van der Waals surface area contributed by atoms with Crippen LogP contribution in [0, 0.1) is 5.92 Å². The Balaban J connectivity index is 2.28. The van der Waals surface area contributed by atoms with Gasteiger partial charge in [-0.15, -0.1) is 6.58 Å². The van der Waals surface area contributed by atoms with Crippen molar-refractivity contribution in [2.75, 3.05) is 21.3 Å². The number of hydrogen-bond acceptors (Lipinski definition) is 4. The molecule has 3 unspecified atom stereocenters. The summed E-state index contributed by atoms with van der Waals surface area (Å²) in [6.45, 7) is 4.12. The molecule has 3 atom stereocenters. The summed E-state index contributed by atoms with van der Waals surface area (Å²) in [6, 6.07) is 4.39. The van der Waals surface area contributed by atoms with Gasteiger partial charge in [0, 0.05) is 29.9 Å². The first kappa shape index (κ1) is 16.1. The van der Waals surface area contributed by atoms with Gasteiger partial charge >= 0.3 is 0 Å². The number of methoxy groups -OCH3 is 2. The quantitative estimate of drug-likeness (QED) is 0.868. The van der Waals surface area contributed by atoms with Crippen LogP contribution in [0.25, 0.3) is 0 Å². The first-order valence-electron chi connectivity index (χ1n) is 8.18. The fraction of sp³-hybridized carbons (Fsp3) is 0.526. The Kier molecular flexibility index (Phi) is 4.19. The topological polar surface area (TPSA) is 47.6 Å². The minimum absolute atomic E-state index is 0.300. The lowest BCUT2D eigenvalue weighted by Gasteiger charge is -2.50. The van der Waals surface area contributed by atoms with Crippen molar-refractivity contribution in [3.63, 3.8) is 0 Å². The molecule has 0 saturated heterocycles. The summed E-state index contributed by atoms with van der Waals surface area (Å²) in [7, 11) is 5.31. The first-order valence-corrected chi connectivity index (χ1v) is 8.18. The number of likely N-dealkylation sites (N-methyl/N-ethyl adjacent to an activating group) is 1. The van der Waals surface area contributed by atoms with Crippen molar-refractivity contribution in [1.82, 2.24) is 5.32 Å². The Hall–Kier alpha value is -1.81. The van der Waals surface area contributed by atoms with Gasteiger partial charge in [0.25, 0.3) is 0 Å². The van der Waals surface area contributed by atoms with E-state index in [0.29, 0.717) is 36.3 Å². The molecule has 0 bridgehead atoms. The summed E-state index contributed by atoms with van der Waals surface area (Å²) in [5.74, 6) is 2.11. The number of allylic oxidation sites excluding steroid dienone is 1. The van der Waals surface area contributed by atoms with Crippen molar-refractivity contribution in [3.8, 4) is 11.5 Å². The van der Waals surface area contributed by atoms with Crippen LogP contribution in [-0.4, -0.2) is 33.1 Å². The predicted octanol–water partition coefficient (Wildman–Crippen LogP) is 2.64. The van der Waals surface area contributed by atoms with Crippen LogP contribution in [0.3, 0.4) is 0 Å². The molecule has 1 aromatic rings. The van der Waals surface area contributed by atoms with Crippen LogP contribution < -0.4 is 14.8 Å². The lowest BCUT2D eigenvalue weighted by Crippen LogP contribution is -2.54. The van der Waals surface area contributed by atoms with E-state index in [1.54, 1.807) is 14.2 Å². The molecule has 23 heavy (non-hydrogen) atoms. The molecule has 4 heteroatoms. The van der Waals surface area contributed by atoms with Crippen molar-refractivity contribution >= 4 is 5.78 Å². The van der Waals surface area contributed by atoms with Gasteiger partial charge in [0.1, 0.15) is 5.78 Å². The second-order valence-corrected chi connectivity index (χ2v) is 6.54. The Morgan fingerprint density at radius 1 is 1.35 bits per heavy atom. The highest BCUT2D eigenvalue weighted by molar-refractivity contribution is 5.82. The summed E-state index contributed by atoms with van der Waals surface area (Å²) in [6.07, 6.45) is 4.94. The van der Waals surface area contributed by atoms with Crippen LogP contribution in [-0.2, 0) is 16.6 Å². The summed E-state index contributed by atoms with van der Waals surface area (Å²) in [4.78, 5) is 12.3. The molecule has 0 radical (unpaired) electrons. The molecular formula is C19H25NO3. The van der Waals surface area contributed by atoms with Crippen LogP contribution >= 0.6 is 0 Å². The van der Waals surface area contributed by atoms with Crippen LogP contribution in [0.5, 0.6) is 11.5 Å². The molecule has 0 aliphatic heterocycles. The van der Waals surface area contributed by atoms with E-state index >= 15 is 0 Å². The number of Topliss-reactive ketones (excluding diaryl/α,β-unsaturated/α-hetero) is 1. The number of carbonyl (C=O) groups excluding carboxylic acids is 1. The smallest absolute Gasteiger partial charge is 0.165 e. The van der Waals surface area contributed by atoms with E-state index in [2.05, 4.69) is 18.0 Å². The van der Waals surface area contributed by atoms with Gasteiger partial charge in [-0.1, -0.05) is 12.1 Å². The summed E-state index contributed by atoms with van der Waals surface area (Å²) < 4.78 is 11.2. The summed E-state index contributed by atoms with van der Waals surface area (Å²) >= 11 is 0. The molecule has 0 amide bonds. The third-order valence-corrected chi connectivity index (χ3v) is 5.64. The third-order valence-electron chi connectivity index (χ3n) is 5.64. The van der Waals surface area contributed by atoms with Gasteiger partial charge in [-0.05, 0) is 37.4 Å². The second kappa shape index (κ2) is 6.00. The Bertz CT molecular complexity index is 640. The number of ether oxygens (including phenoxy) is 2. The monoisotopic (exact) mass is 315 g/mol. The minimum atomic E-state index is -0.378. The van der Waals surface area contributed by atoms with E-state index in [-0.39, 0.29) is 5.41 Å². The van der Waals surface area contributed by atoms with Gasteiger partial charge in [0.05, 0.1) is 14.2 Å². The molecule has 3 rings (SSSR count). The lowest BCUT2D eigenvalue weighted by atomic mass is 9.55. The Morgan fingerprint density at radius 3 is 2.74 bits per heavy atom. The molecule has 1 saturated carbocycles. The van der Waals surface area contributed by atoms with Gasteiger partial charge in [-0.2, -0.15) is 0 Å².